The monoisotopic (exact) mass is 371 g/mol. The maximum atomic E-state index is 12.9. The maximum Gasteiger partial charge on any atom is 0.227 e. The predicted molar refractivity (Wildman–Crippen MR) is 110 cm³/mol. The molecule has 0 aromatic heterocycles. The molecule has 5 nitrogen and oxygen atoms in total. The first-order valence-corrected chi connectivity index (χ1v) is 10.2. The van der Waals surface area contributed by atoms with Gasteiger partial charge in [0.1, 0.15) is 0 Å². The molecule has 5 heteroatoms. The first-order chi connectivity index (χ1) is 12.8. The van der Waals surface area contributed by atoms with Crippen LogP contribution in [0.1, 0.15) is 52.0 Å². The molecule has 0 unspecified atom stereocenters. The molecule has 2 aliphatic carbocycles. The Labute approximate surface area is 163 Å². The van der Waals surface area contributed by atoms with Gasteiger partial charge in [-0.15, -0.1) is 0 Å². The minimum atomic E-state index is 0.111. The summed E-state index contributed by atoms with van der Waals surface area (Å²) in [5.41, 5.74) is 2.99. The van der Waals surface area contributed by atoms with Gasteiger partial charge < -0.3 is 15.1 Å². The number of hydrogen-bond donors (Lipinski definition) is 1. The van der Waals surface area contributed by atoms with Gasteiger partial charge >= 0.3 is 0 Å². The van der Waals surface area contributed by atoms with Crippen molar-refractivity contribution < 1.29 is 9.59 Å². The van der Waals surface area contributed by atoms with Crippen molar-refractivity contribution in [1.82, 2.24) is 4.90 Å². The Hall–Kier alpha value is -2.04. The third-order valence-electron chi connectivity index (χ3n) is 5.78. The van der Waals surface area contributed by atoms with Crippen LogP contribution < -0.4 is 10.2 Å². The zero-order valence-electron chi connectivity index (χ0n) is 17.3. The van der Waals surface area contributed by atoms with Gasteiger partial charge in [0, 0.05) is 49.9 Å². The van der Waals surface area contributed by atoms with Gasteiger partial charge in [-0.3, -0.25) is 9.59 Å². The summed E-state index contributed by atoms with van der Waals surface area (Å²) in [4.78, 5) is 29.2. The van der Waals surface area contributed by atoms with Crippen LogP contribution in [0.15, 0.2) is 18.2 Å². The second-order valence-electron chi connectivity index (χ2n) is 8.73. The lowest BCUT2D eigenvalue weighted by Crippen LogP contribution is -2.42. The zero-order valence-corrected chi connectivity index (χ0v) is 17.3. The third kappa shape index (κ3) is 4.82. The summed E-state index contributed by atoms with van der Waals surface area (Å²) in [7, 11) is 4.03. The smallest absolute Gasteiger partial charge is 0.227 e. The Balaban J connectivity index is 1.85. The topological polar surface area (TPSA) is 52.7 Å². The first-order valence-electron chi connectivity index (χ1n) is 10.2. The van der Waals surface area contributed by atoms with Gasteiger partial charge in [0.2, 0.25) is 11.8 Å². The molecule has 2 amide bonds. The van der Waals surface area contributed by atoms with Crippen LogP contribution in [0.25, 0.3) is 0 Å². The van der Waals surface area contributed by atoms with Gasteiger partial charge in [0.15, 0.2) is 0 Å². The van der Waals surface area contributed by atoms with E-state index in [0.717, 1.165) is 42.6 Å². The van der Waals surface area contributed by atoms with Crippen molar-refractivity contribution in [3.05, 3.63) is 23.8 Å². The van der Waals surface area contributed by atoms with Crippen molar-refractivity contribution in [2.75, 3.05) is 24.3 Å². The van der Waals surface area contributed by atoms with Crippen molar-refractivity contribution in [2.24, 2.45) is 17.8 Å². The molecular weight excluding hydrogens is 338 g/mol. The molecule has 3 rings (SSSR count). The van der Waals surface area contributed by atoms with Crippen LogP contribution in [0.5, 0.6) is 0 Å². The predicted octanol–water partition coefficient (Wildman–Crippen LogP) is 3.88. The fourth-order valence-corrected chi connectivity index (χ4v) is 3.35. The summed E-state index contributed by atoms with van der Waals surface area (Å²) in [5, 5.41) is 3.04. The Morgan fingerprint density at radius 1 is 1.07 bits per heavy atom. The number of nitrogens with one attached hydrogen (secondary N) is 1. The van der Waals surface area contributed by atoms with E-state index in [1.165, 1.54) is 0 Å². The first kappa shape index (κ1) is 19.7. The van der Waals surface area contributed by atoms with Crippen molar-refractivity contribution in [3.8, 4) is 0 Å². The van der Waals surface area contributed by atoms with E-state index in [9.17, 15) is 9.59 Å². The molecule has 0 radical (unpaired) electrons. The van der Waals surface area contributed by atoms with Crippen molar-refractivity contribution in [2.45, 2.75) is 59.0 Å². The highest BCUT2D eigenvalue weighted by Crippen LogP contribution is 2.35. The van der Waals surface area contributed by atoms with E-state index in [1.807, 2.05) is 37.2 Å². The molecule has 1 atom stereocenters. The molecule has 1 aromatic carbocycles. The largest absolute Gasteiger partial charge is 0.377 e. The van der Waals surface area contributed by atoms with Crippen molar-refractivity contribution in [1.29, 1.82) is 0 Å². The summed E-state index contributed by atoms with van der Waals surface area (Å²) < 4.78 is 0. The summed E-state index contributed by atoms with van der Waals surface area (Å²) in [6.07, 6.45) is 4.00. The SMILES string of the molecule is CC(C)[C@@H](C)N(Cc1cc(NC(=O)C2CC2)ccc1N(C)C)C(=O)C1CC1. The average Bonchev–Trinajstić information content (AvgIpc) is 3.49. The summed E-state index contributed by atoms with van der Waals surface area (Å²) in [6, 6.07) is 6.21. The Morgan fingerprint density at radius 2 is 1.70 bits per heavy atom. The van der Waals surface area contributed by atoms with Crippen molar-refractivity contribution in [3.63, 3.8) is 0 Å². The van der Waals surface area contributed by atoms with E-state index in [0.29, 0.717) is 12.5 Å². The van der Waals surface area contributed by atoms with Gasteiger partial charge in [0.25, 0.3) is 0 Å². The quantitative estimate of drug-likeness (QED) is 0.754. The summed E-state index contributed by atoms with van der Waals surface area (Å²) in [5.74, 6) is 1.16. The lowest BCUT2D eigenvalue weighted by Gasteiger charge is -2.33. The second kappa shape index (κ2) is 7.91. The van der Waals surface area contributed by atoms with E-state index < -0.39 is 0 Å². The average molecular weight is 372 g/mol. The normalized spacial score (nSPS) is 17.6. The molecule has 1 aromatic rings. The van der Waals surface area contributed by atoms with Crippen LogP contribution >= 0.6 is 0 Å². The number of anilines is 2. The van der Waals surface area contributed by atoms with Crippen LogP contribution in [-0.2, 0) is 16.1 Å². The van der Waals surface area contributed by atoms with E-state index >= 15 is 0 Å². The minimum Gasteiger partial charge on any atom is -0.377 e. The standard InChI is InChI=1S/C22H33N3O2/c1-14(2)15(3)25(22(27)17-8-9-17)13-18-12-19(10-11-20(18)24(4)5)23-21(26)16-6-7-16/h10-12,14-17H,6-9,13H2,1-5H3,(H,23,26)/t15-/m1/s1. The van der Waals surface area contributed by atoms with Gasteiger partial charge in [-0.2, -0.15) is 0 Å². The molecule has 1 N–H and O–H groups in total. The van der Waals surface area contributed by atoms with Crippen LogP contribution in [-0.4, -0.2) is 36.9 Å². The number of nitrogens with zero attached hydrogens (tertiary/aromatic N) is 2. The van der Waals surface area contributed by atoms with Gasteiger partial charge in [0.05, 0.1) is 0 Å². The Kier molecular flexibility index (Phi) is 5.78. The molecule has 27 heavy (non-hydrogen) atoms. The highest BCUT2D eigenvalue weighted by Gasteiger charge is 2.36. The molecule has 0 aliphatic heterocycles. The number of rotatable bonds is 8. The second-order valence-corrected chi connectivity index (χ2v) is 8.73. The number of carbonyl (C=O) groups excluding carboxylic acids is 2. The highest BCUT2D eigenvalue weighted by atomic mass is 16.2. The van der Waals surface area contributed by atoms with Gasteiger partial charge in [-0.1, -0.05) is 13.8 Å². The fraction of sp³-hybridized carbons (Fsp3) is 0.636. The maximum absolute atomic E-state index is 12.9. The summed E-state index contributed by atoms with van der Waals surface area (Å²) >= 11 is 0. The van der Waals surface area contributed by atoms with Crippen LogP contribution in [0.3, 0.4) is 0 Å². The minimum absolute atomic E-state index is 0.111. The zero-order chi connectivity index (χ0) is 19.7. The van der Waals surface area contributed by atoms with Crippen molar-refractivity contribution >= 4 is 23.2 Å². The number of amides is 2. The highest BCUT2D eigenvalue weighted by molar-refractivity contribution is 5.94. The Bertz CT molecular complexity index is 706. The Morgan fingerprint density at radius 3 is 2.22 bits per heavy atom. The molecule has 0 spiro atoms. The van der Waals surface area contributed by atoms with E-state index in [1.54, 1.807) is 0 Å². The van der Waals surface area contributed by atoms with Crippen LogP contribution in [0.2, 0.25) is 0 Å². The molecule has 2 saturated carbocycles. The van der Waals surface area contributed by atoms with E-state index in [4.69, 9.17) is 0 Å². The lowest BCUT2D eigenvalue weighted by molar-refractivity contribution is -0.136. The number of benzene rings is 1. The van der Waals surface area contributed by atoms with E-state index in [-0.39, 0.29) is 29.7 Å². The van der Waals surface area contributed by atoms with E-state index in [2.05, 4.69) is 31.0 Å². The third-order valence-corrected chi connectivity index (χ3v) is 5.78. The lowest BCUT2D eigenvalue weighted by atomic mass is 10.0. The molecule has 2 fully saturated rings. The molecule has 0 heterocycles. The molecule has 0 saturated heterocycles. The summed E-state index contributed by atoms with van der Waals surface area (Å²) in [6.45, 7) is 7.04. The number of hydrogen-bond acceptors (Lipinski definition) is 3. The van der Waals surface area contributed by atoms with Gasteiger partial charge in [-0.25, -0.2) is 0 Å². The van der Waals surface area contributed by atoms with Crippen LogP contribution in [0, 0.1) is 17.8 Å². The molecule has 2 aliphatic rings. The number of carbonyl (C=O) groups is 2. The fourth-order valence-electron chi connectivity index (χ4n) is 3.35. The van der Waals surface area contributed by atoms with Gasteiger partial charge in [-0.05, 0) is 62.3 Å². The van der Waals surface area contributed by atoms with Crippen LogP contribution in [0.4, 0.5) is 11.4 Å². The molecule has 0 bridgehead atoms. The molecular formula is C22H33N3O2. The molecule has 148 valence electrons.